The van der Waals surface area contributed by atoms with Gasteiger partial charge in [0.1, 0.15) is 12.6 Å². The molecule has 4 heteroatoms. The van der Waals surface area contributed by atoms with Crippen LogP contribution in [-0.4, -0.2) is 40.8 Å². The molecule has 0 amide bonds. The number of H-pyrrole nitrogens is 1. The fourth-order valence-corrected chi connectivity index (χ4v) is 6.02. The van der Waals surface area contributed by atoms with Crippen LogP contribution in [0, 0.1) is 11.8 Å². The molecule has 5 heterocycles. The molecule has 128 valence electrons. The molecule has 0 saturated carbocycles. The number of aliphatic hydroxyl groups is 1. The average molecular weight is 345 g/mol. The molecule has 2 N–H and O–H groups in total. The molecule has 0 radical (unpaired) electrons. The van der Waals surface area contributed by atoms with Crippen LogP contribution in [0.4, 0.5) is 0 Å². The van der Waals surface area contributed by atoms with E-state index >= 15 is 0 Å². The predicted octanol–water partition coefficient (Wildman–Crippen LogP) is 0.173. The van der Waals surface area contributed by atoms with E-state index in [9.17, 15) is 5.11 Å². The number of rotatable bonds is 1. The van der Waals surface area contributed by atoms with Crippen molar-refractivity contribution in [1.29, 1.82) is 0 Å². The fraction of sp³-hybridized carbons (Fsp3) is 0.500. The zero-order chi connectivity index (χ0) is 15.8. The summed E-state index contributed by atoms with van der Waals surface area (Å²) in [6, 6.07) is 9.84. The predicted molar refractivity (Wildman–Crippen MR) is 92.0 cm³/mol. The second-order valence-corrected chi connectivity index (χ2v) is 7.91. The van der Waals surface area contributed by atoms with Crippen molar-refractivity contribution in [3.63, 3.8) is 0 Å². The molecular formula is C20H25ClN2O. The second-order valence-electron chi connectivity index (χ2n) is 7.91. The van der Waals surface area contributed by atoms with Crippen LogP contribution in [0.5, 0.6) is 0 Å². The molecule has 5 unspecified atom stereocenters. The summed E-state index contributed by atoms with van der Waals surface area (Å²) in [7, 11) is 2.42. The Balaban J connectivity index is 0.00000146. The van der Waals surface area contributed by atoms with Crippen molar-refractivity contribution in [1.82, 2.24) is 4.98 Å². The van der Waals surface area contributed by atoms with Gasteiger partial charge in [0, 0.05) is 35.6 Å². The summed E-state index contributed by atoms with van der Waals surface area (Å²) in [6.45, 7) is 3.65. The first-order valence-electron chi connectivity index (χ1n) is 8.87. The lowest BCUT2D eigenvalue weighted by Gasteiger charge is -2.62. The molecule has 1 aromatic heterocycles. The molecule has 5 atom stereocenters. The molecule has 4 aliphatic rings. The van der Waals surface area contributed by atoms with Crippen molar-refractivity contribution < 1.29 is 22.0 Å². The number of aromatic nitrogens is 1. The standard InChI is InChI=1S/C20H25N2O.ClH/c1-3-12-10-22(2)18-9-15-13-6-4-5-7-17(13)21-20(15)19(22)8-14(12)16(18)11-23;/h3-7,14,16,18-19,21,23H,8-11H2,1-2H3;1H/q+1;/p-1/b12-3-;. The minimum Gasteiger partial charge on any atom is -1.00 e. The highest BCUT2D eigenvalue weighted by Crippen LogP contribution is 2.57. The Morgan fingerprint density at radius 2 is 2.12 bits per heavy atom. The third-order valence-electron chi connectivity index (χ3n) is 7.13. The molecule has 0 aliphatic carbocycles. The Morgan fingerprint density at radius 3 is 2.88 bits per heavy atom. The van der Waals surface area contributed by atoms with Gasteiger partial charge in [0.05, 0.1) is 25.4 Å². The zero-order valence-corrected chi connectivity index (χ0v) is 15.1. The number of halogens is 1. The van der Waals surface area contributed by atoms with Crippen LogP contribution in [0.1, 0.15) is 30.6 Å². The lowest BCUT2D eigenvalue weighted by molar-refractivity contribution is -0.978. The lowest BCUT2D eigenvalue weighted by Crippen LogP contribution is -3.00. The maximum Gasteiger partial charge on any atom is 0.131 e. The van der Waals surface area contributed by atoms with E-state index in [1.165, 1.54) is 28.6 Å². The summed E-state index contributed by atoms with van der Waals surface area (Å²) in [5.41, 5.74) is 5.84. The number of nitrogens with one attached hydrogen (secondary N) is 1. The minimum absolute atomic E-state index is 0. The van der Waals surface area contributed by atoms with E-state index in [4.69, 9.17) is 0 Å². The largest absolute Gasteiger partial charge is 1.00 e. The second kappa shape index (κ2) is 5.35. The van der Waals surface area contributed by atoms with E-state index in [-0.39, 0.29) is 12.4 Å². The van der Waals surface area contributed by atoms with Crippen LogP contribution in [0.25, 0.3) is 10.9 Å². The van der Waals surface area contributed by atoms with Crippen LogP contribution in [0.15, 0.2) is 35.9 Å². The number of hydrogen-bond acceptors (Lipinski definition) is 1. The summed E-state index contributed by atoms with van der Waals surface area (Å²) in [5, 5.41) is 11.5. The van der Waals surface area contributed by atoms with Crippen LogP contribution >= 0.6 is 0 Å². The zero-order valence-electron chi connectivity index (χ0n) is 14.3. The molecule has 4 bridgehead atoms. The van der Waals surface area contributed by atoms with Gasteiger partial charge < -0.3 is 27.0 Å². The summed E-state index contributed by atoms with van der Waals surface area (Å²) in [6.07, 6.45) is 4.59. The smallest absolute Gasteiger partial charge is 0.131 e. The summed E-state index contributed by atoms with van der Waals surface area (Å²) < 4.78 is 1.08. The molecule has 6 rings (SSSR count). The van der Waals surface area contributed by atoms with E-state index in [0.29, 0.717) is 30.5 Å². The topological polar surface area (TPSA) is 36.0 Å². The number of fused-ring (bicyclic) bond motifs is 4. The highest BCUT2D eigenvalue weighted by atomic mass is 35.5. The number of aromatic amines is 1. The first kappa shape index (κ1) is 16.2. The van der Waals surface area contributed by atoms with E-state index in [2.05, 4.69) is 49.3 Å². The number of likely N-dealkylation sites (N-methyl/N-ethyl adjacent to an activating group) is 1. The minimum atomic E-state index is 0. The number of benzene rings is 1. The van der Waals surface area contributed by atoms with E-state index in [1.807, 2.05) is 0 Å². The number of para-hydroxylation sites is 1. The van der Waals surface area contributed by atoms with Crippen molar-refractivity contribution >= 4 is 10.9 Å². The SMILES string of the molecule is C/C=C1/C[N+]2(C)C3CC1C(CO)C2Cc1c3[nH]c2ccccc12.[Cl-]. The first-order chi connectivity index (χ1) is 11.2. The van der Waals surface area contributed by atoms with Crippen molar-refractivity contribution in [2.24, 2.45) is 11.8 Å². The molecule has 4 aliphatic heterocycles. The highest BCUT2D eigenvalue weighted by molar-refractivity contribution is 5.85. The van der Waals surface area contributed by atoms with Crippen LogP contribution < -0.4 is 12.4 Å². The van der Waals surface area contributed by atoms with Gasteiger partial charge in [0.2, 0.25) is 0 Å². The van der Waals surface area contributed by atoms with Crippen molar-refractivity contribution in [3.05, 3.63) is 47.2 Å². The molecule has 3 saturated heterocycles. The number of piperidine rings is 3. The highest BCUT2D eigenvalue weighted by Gasteiger charge is 2.61. The van der Waals surface area contributed by atoms with Gasteiger partial charge in [-0.25, -0.2) is 0 Å². The lowest BCUT2D eigenvalue weighted by atomic mass is 9.62. The number of hydrogen-bond donors (Lipinski definition) is 2. The van der Waals surface area contributed by atoms with E-state index in [1.54, 1.807) is 5.57 Å². The van der Waals surface area contributed by atoms with Gasteiger partial charge in [-0.3, -0.25) is 0 Å². The Morgan fingerprint density at radius 1 is 1.33 bits per heavy atom. The molecule has 3 nitrogen and oxygen atoms in total. The Kier molecular flexibility index (Phi) is 3.61. The number of aliphatic hydroxyl groups excluding tert-OH is 1. The molecule has 24 heavy (non-hydrogen) atoms. The Bertz CT molecular complexity index is 826. The summed E-state index contributed by atoms with van der Waals surface area (Å²) in [4.78, 5) is 3.75. The van der Waals surface area contributed by atoms with Gasteiger partial charge >= 0.3 is 0 Å². The number of quaternary nitrogens is 1. The van der Waals surface area contributed by atoms with Crippen LogP contribution in [0.3, 0.4) is 0 Å². The molecular weight excluding hydrogens is 320 g/mol. The normalized spacial score (nSPS) is 38.2. The van der Waals surface area contributed by atoms with Crippen LogP contribution in [-0.2, 0) is 6.42 Å². The van der Waals surface area contributed by atoms with Crippen molar-refractivity contribution in [2.75, 3.05) is 20.2 Å². The maximum atomic E-state index is 10.1. The van der Waals surface area contributed by atoms with Gasteiger partial charge in [-0.15, -0.1) is 0 Å². The molecule has 2 aromatic rings. The van der Waals surface area contributed by atoms with Crippen molar-refractivity contribution in [3.8, 4) is 0 Å². The maximum absolute atomic E-state index is 10.1. The van der Waals surface area contributed by atoms with Gasteiger partial charge in [0.15, 0.2) is 0 Å². The van der Waals surface area contributed by atoms with Crippen molar-refractivity contribution in [2.45, 2.75) is 31.8 Å². The summed E-state index contributed by atoms with van der Waals surface area (Å²) in [5.74, 6) is 0.984. The third-order valence-corrected chi connectivity index (χ3v) is 7.13. The van der Waals surface area contributed by atoms with Gasteiger partial charge in [-0.05, 0) is 24.1 Å². The quantitative estimate of drug-likeness (QED) is 0.561. The molecule has 1 aromatic carbocycles. The average Bonchev–Trinajstić information content (AvgIpc) is 2.92. The van der Waals surface area contributed by atoms with Gasteiger partial charge in [0.25, 0.3) is 0 Å². The summed E-state index contributed by atoms with van der Waals surface area (Å²) >= 11 is 0. The molecule has 0 spiro atoms. The first-order valence-corrected chi connectivity index (χ1v) is 8.87. The third kappa shape index (κ3) is 1.81. The van der Waals surface area contributed by atoms with E-state index in [0.717, 1.165) is 17.4 Å². The van der Waals surface area contributed by atoms with Gasteiger partial charge in [-0.1, -0.05) is 24.3 Å². The van der Waals surface area contributed by atoms with E-state index < -0.39 is 0 Å². The Labute approximate surface area is 149 Å². The monoisotopic (exact) mass is 344 g/mol. The molecule has 3 fully saturated rings. The number of allylic oxidation sites excluding steroid dienone is 1. The van der Waals surface area contributed by atoms with Gasteiger partial charge in [-0.2, -0.15) is 0 Å². The number of nitrogens with zero attached hydrogens (tertiary/aromatic N) is 1. The Hall–Kier alpha value is -1.29. The fourth-order valence-electron chi connectivity index (χ4n) is 6.02. The van der Waals surface area contributed by atoms with Crippen LogP contribution in [0.2, 0.25) is 0 Å².